The van der Waals surface area contributed by atoms with E-state index in [1.165, 1.54) is 19.1 Å². The summed E-state index contributed by atoms with van der Waals surface area (Å²) in [6, 6.07) is 9.26. The summed E-state index contributed by atoms with van der Waals surface area (Å²) in [7, 11) is 0. The van der Waals surface area contributed by atoms with Gasteiger partial charge >= 0.3 is 0 Å². The van der Waals surface area contributed by atoms with Crippen molar-refractivity contribution in [3.8, 4) is 11.3 Å². The second-order valence-corrected chi connectivity index (χ2v) is 3.69. The van der Waals surface area contributed by atoms with Gasteiger partial charge in [0.25, 0.3) is 0 Å². The Morgan fingerprint density at radius 3 is 2.35 bits per heavy atom. The molecule has 0 saturated carbocycles. The Hall–Kier alpha value is -2.23. The molecule has 3 nitrogen and oxygen atoms in total. The SMILES string of the molecule is CC(=O)c1ccc(-c2ccc(F)cc2)nc1N. The molecule has 1 heterocycles. The van der Waals surface area contributed by atoms with Crippen LogP contribution in [0.2, 0.25) is 0 Å². The first-order valence-electron chi connectivity index (χ1n) is 5.11. The van der Waals surface area contributed by atoms with Crippen molar-refractivity contribution >= 4 is 11.6 Å². The monoisotopic (exact) mass is 230 g/mol. The Kier molecular flexibility index (Phi) is 2.87. The zero-order valence-corrected chi connectivity index (χ0v) is 9.27. The van der Waals surface area contributed by atoms with Gasteiger partial charge in [-0.25, -0.2) is 9.37 Å². The Morgan fingerprint density at radius 1 is 1.18 bits per heavy atom. The second-order valence-electron chi connectivity index (χ2n) is 3.69. The number of pyridine rings is 1. The summed E-state index contributed by atoms with van der Waals surface area (Å²) < 4.78 is 12.8. The molecule has 0 aliphatic carbocycles. The molecule has 0 radical (unpaired) electrons. The van der Waals surface area contributed by atoms with Gasteiger partial charge < -0.3 is 5.73 Å². The van der Waals surface area contributed by atoms with Crippen LogP contribution in [0.15, 0.2) is 36.4 Å². The number of rotatable bonds is 2. The fourth-order valence-corrected chi connectivity index (χ4v) is 1.55. The van der Waals surface area contributed by atoms with Crippen LogP contribution >= 0.6 is 0 Å². The molecule has 17 heavy (non-hydrogen) atoms. The molecule has 0 unspecified atom stereocenters. The maximum atomic E-state index is 12.8. The fraction of sp³-hybridized carbons (Fsp3) is 0.0769. The predicted octanol–water partition coefficient (Wildman–Crippen LogP) is 2.67. The van der Waals surface area contributed by atoms with E-state index in [0.717, 1.165) is 5.56 Å². The third-order valence-corrected chi connectivity index (χ3v) is 2.44. The van der Waals surface area contributed by atoms with Gasteiger partial charge in [-0.1, -0.05) is 0 Å². The Bertz CT molecular complexity index is 564. The molecule has 1 aromatic carbocycles. The molecular formula is C13H11FN2O. The summed E-state index contributed by atoms with van der Waals surface area (Å²) in [6.07, 6.45) is 0. The molecule has 2 rings (SSSR count). The van der Waals surface area contributed by atoms with E-state index in [2.05, 4.69) is 4.98 Å². The molecule has 0 aliphatic heterocycles. The fourth-order valence-electron chi connectivity index (χ4n) is 1.55. The molecule has 2 N–H and O–H groups in total. The molecule has 0 saturated heterocycles. The van der Waals surface area contributed by atoms with Crippen LogP contribution in [-0.4, -0.2) is 10.8 Å². The lowest BCUT2D eigenvalue weighted by atomic mass is 10.1. The molecule has 0 atom stereocenters. The van der Waals surface area contributed by atoms with Crippen LogP contribution in [-0.2, 0) is 0 Å². The van der Waals surface area contributed by atoms with Gasteiger partial charge in [0.1, 0.15) is 11.6 Å². The van der Waals surface area contributed by atoms with Crippen molar-refractivity contribution in [2.24, 2.45) is 0 Å². The topological polar surface area (TPSA) is 56.0 Å². The lowest BCUT2D eigenvalue weighted by molar-refractivity contribution is 0.101. The molecule has 86 valence electrons. The summed E-state index contributed by atoms with van der Waals surface area (Å²) in [5, 5.41) is 0. The maximum absolute atomic E-state index is 12.8. The average molecular weight is 230 g/mol. The first-order chi connectivity index (χ1) is 8.08. The highest BCUT2D eigenvalue weighted by Crippen LogP contribution is 2.20. The molecule has 4 heteroatoms. The van der Waals surface area contributed by atoms with E-state index in [0.29, 0.717) is 11.3 Å². The lowest BCUT2D eigenvalue weighted by Gasteiger charge is -2.05. The van der Waals surface area contributed by atoms with E-state index in [9.17, 15) is 9.18 Å². The number of Topliss-reactive ketones (excluding diaryl/α,β-unsaturated/α-hetero) is 1. The summed E-state index contributed by atoms with van der Waals surface area (Å²) in [6.45, 7) is 1.44. The van der Waals surface area contributed by atoms with Gasteiger partial charge in [-0.15, -0.1) is 0 Å². The normalized spacial score (nSPS) is 10.2. The third-order valence-electron chi connectivity index (χ3n) is 2.44. The van der Waals surface area contributed by atoms with Crippen molar-refractivity contribution in [3.63, 3.8) is 0 Å². The Balaban J connectivity index is 2.44. The molecular weight excluding hydrogens is 219 g/mol. The van der Waals surface area contributed by atoms with Gasteiger partial charge in [-0.2, -0.15) is 0 Å². The number of nitrogens with two attached hydrogens (primary N) is 1. The van der Waals surface area contributed by atoms with Crippen LogP contribution in [0.1, 0.15) is 17.3 Å². The van der Waals surface area contributed by atoms with Crippen molar-refractivity contribution < 1.29 is 9.18 Å². The number of nitrogens with zero attached hydrogens (tertiary/aromatic N) is 1. The van der Waals surface area contributed by atoms with Crippen molar-refractivity contribution in [1.29, 1.82) is 0 Å². The highest BCUT2D eigenvalue weighted by atomic mass is 19.1. The quantitative estimate of drug-likeness (QED) is 0.807. The maximum Gasteiger partial charge on any atom is 0.163 e. The van der Waals surface area contributed by atoms with Crippen molar-refractivity contribution in [2.45, 2.75) is 6.92 Å². The van der Waals surface area contributed by atoms with Crippen molar-refractivity contribution in [3.05, 3.63) is 47.8 Å². The van der Waals surface area contributed by atoms with Gasteiger partial charge in [-0.3, -0.25) is 4.79 Å². The second kappa shape index (κ2) is 4.33. The minimum Gasteiger partial charge on any atom is -0.383 e. The molecule has 0 bridgehead atoms. The number of nitrogen functional groups attached to an aromatic ring is 1. The third kappa shape index (κ3) is 2.30. The Morgan fingerprint density at radius 2 is 1.82 bits per heavy atom. The number of ketones is 1. The minimum atomic E-state index is -0.304. The number of carbonyl (C=O) groups excluding carboxylic acids is 1. The van der Waals surface area contributed by atoms with E-state index in [4.69, 9.17) is 5.73 Å². The van der Waals surface area contributed by atoms with Gasteiger partial charge in [0.05, 0.1) is 11.3 Å². The van der Waals surface area contributed by atoms with Crippen LogP contribution in [0.5, 0.6) is 0 Å². The number of aromatic nitrogens is 1. The standard InChI is InChI=1S/C13H11FN2O/c1-8(17)11-6-7-12(16-13(11)15)9-2-4-10(14)5-3-9/h2-7H,1H3,(H2,15,16). The number of anilines is 1. The Labute approximate surface area is 98.1 Å². The predicted molar refractivity (Wildman–Crippen MR) is 64.0 cm³/mol. The van der Waals surface area contributed by atoms with Gasteiger partial charge in [-0.05, 0) is 43.3 Å². The van der Waals surface area contributed by atoms with Crippen LogP contribution < -0.4 is 5.73 Å². The zero-order chi connectivity index (χ0) is 12.4. The van der Waals surface area contributed by atoms with E-state index in [1.54, 1.807) is 24.3 Å². The molecule has 0 fully saturated rings. The molecule has 2 aromatic rings. The summed E-state index contributed by atoms with van der Waals surface area (Å²) in [5.74, 6) is -0.234. The van der Waals surface area contributed by atoms with E-state index < -0.39 is 0 Å². The minimum absolute atomic E-state index is 0.124. The number of benzene rings is 1. The smallest absolute Gasteiger partial charge is 0.163 e. The van der Waals surface area contributed by atoms with E-state index >= 15 is 0 Å². The van der Waals surface area contributed by atoms with Crippen molar-refractivity contribution in [1.82, 2.24) is 4.98 Å². The summed E-state index contributed by atoms with van der Waals surface area (Å²) in [4.78, 5) is 15.3. The van der Waals surface area contributed by atoms with Crippen LogP contribution in [0.4, 0.5) is 10.2 Å². The average Bonchev–Trinajstić information content (AvgIpc) is 2.29. The first kappa shape index (κ1) is 11.3. The van der Waals surface area contributed by atoms with E-state index in [-0.39, 0.29) is 17.4 Å². The lowest BCUT2D eigenvalue weighted by Crippen LogP contribution is -2.02. The highest BCUT2D eigenvalue weighted by Gasteiger charge is 2.07. The molecule has 0 amide bonds. The summed E-state index contributed by atoms with van der Waals surface area (Å²) in [5.41, 5.74) is 7.46. The van der Waals surface area contributed by atoms with E-state index in [1.807, 2.05) is 0 Å². The number of hydrogen-bond donors (Lipinski definition) is 1. The van der Waals surface area contributed by atoms with Crippen LogP contribution in [0.3, 0.4) is 0 Å². The van der Waals surface area contributed by atoms with Crippen LogP contribution in [0, 0.1) is 5.82 Å². The highest BCUT2D eigenvalue weighted by molar-refractivity contribution is 5.98. The molecule has 1 aromatic heterocycles. The largest absolute Gasteiger partial charge is 0.383 e. The van der Waals surface area contributed by atoms with Gasteiger partial charge in [0.15, 0.2) is 5.78 Å². The number of carbonyl (C=O) groups is 1. The first-order valence-corrected chi connectivity index (χ1v) is 5.11. The molecule has 0 spiro atoms. The van der Waals surface area contributed by atoms with Crippen molar-refractivity contribution in [2.75, 3.05) is 5.73 Å². The number of hydrogen-bond acceptors (Lipinski definition) is 3. The summed E-state index contributed by atoms with van der Waals surface area (Å²) >= 11 is 0. The zero-order valence-electron chi connectivity index (χ0n) is 9.27. The van der Waals surface area contributed by atoms with Gasteiger partial charge in [0, 0.05) is 5.56 Å². The van der Waals surface area contributed by atoms with Crippen LogP contribution in [0.25, 0.3) is 11.3 Å². The number of halogens is 1. The molecule has 0 aliphatic rings. The van der Waals surface area contributed by atoms with Gasteiger partial charge in [0.2, 0.25) is 0 Å².